The minimum absolute atomic E-state index is 0.0216. The molecule has 0 spiro atoms. The first-order valence-electron chi connectivity index (χ1n) is 10.1. The largest absolute Gasteiger partial charge is 0.593 e. The summed E-state index contributed by atoms with van der Waals surface area (Å²) in [4.78, 5) is 13.5. The molecule has 0 unspecified atom stereocenters. The van der Waals surface area contributed by atoms with E-state index in [-0.39, 0.29) is 5.56 Å². The van der Waals surface area contributed by atoms with Crippen molar-refractivity contribution >= 4 is 22.1 Å². The number of aromatic nitrogens is 1. The maximum Gasteiger partial charge on any atom is 0.258 e. The van der Waals surface area contributed by atoms with Gasteiger partial charge < -0.3 is 13.9 Å². The van der Waals surface area contributed by atoms with Crippen molar-refractivity contribution in [3.05, 3.63) is 58.5 Å². The van der Waals surface area contributed by atoms with Crippen LogP contribution in [-0.4, -0.2) is 26.6 Å². The first-order chi connectivity index (χ1) is 14.1. The second kappa shape index (κ2) is 7.20. The summed E-state index contributed by atoms with van der Waals surface area (Å²) in [7, 11) is 1.77. The van der Waals surface area contributed by atoms with Crippen LogP contribution >= 0.6 is 0 Å². The van der Waals surface area contributed by atoms with E-state index >= 15 is 0 Å². The number of benzene rings is 2. The Labute approximate surface area is 173 Å². The van der Waals surface area contributed by atoms with E-state index in [4.69, 9.17) is 4.74 Å². The lowest BCUT2D eigenvalue weighted by atomic mass is 9.98. The Morgan fingerprint density at radius 2 is 1.93 bits per heavy atom. The Morgan fingerprint density at radius 1 is 1.17 bits per heavy atom. The summed E-state index contributed by atoms with van der Waals surface area (Å²) >= 11 is -1.16. The smallest absolute Gasteiger partial charge is 0.258 e. The van der Waals surface area contributed by atoms with Crippen molar-refractivity contribution in [1.29, 1.82) is 0 Å². The molecule has 6 heteroatoms. The van der Waals surface area contributed by atoms with Gasteiger partial charge >= 0.3 is 0 Å². The molecule has 0 saturated heterocycles. The molecular weight excluding hydrogens is 384 g/mol. The minimum Gasteiger partial charge on any atom is -0.593 e. The summed E-state index contributed by atoms with van der Waals surface area (Å²) in [5, 5.41) is 1.57. The van der Waals surface area contributed by atoms with E-state index in [1.807, 2.05) is 47.8 Å². The Balaban J connectivity index is 1.72. The quantitative estimate of drug-likeness (QED) is 0.602. The van der Waals surface area contributed by atoms with Gasteiger partial charge in [-0.2, -0.15) is 0 Å². The fraction of sp³-hybridized carbons (Fsp3) is 0.348. The molecule has 0 N–H and O–H groups in total. The van der Waals surface area contributed by atoms with Gasteiger partial charge in [-0.3, -0.25) is 4.79 Å². The highest BCUT2D eigenvalue weighted by atomic mass is 32.2. The van der Waals surface area contributed by atoms with Crippen molar-refractivity contribution in [2.24, 2.45) is 13.0 Å². The van der Waals surface area contributed by atoms with Crippen LogP contribution in [0.15, 0.2) is 52.3 Å². The molecule has 1 aliphatic heterocycles. The molecule has 0 radical (unpaired) electrons. The van der Waals surface area contributed by atoms with Crippen LogP contribution < -0.4 is 10.3 Å². The van der Waals surface area contributed by atoms with Gasteiger partial charge in [-0.05, 0) is 43.2 Å². The monoisotopic (exact) mass is 408 g/mol. The highest BCUT2D eigenvalue weighted by molar-refractivity contribution is 7.89. The molecule has 1 atom stereocenters. The molecule has 0 bridgehead atoms. The maximum absolute atomic E-state index is 12.9. The lowest BCUT2D eigenvalue weighted by Crippen LogP contribution is -2.23. The third-order valence-corrected chi connectivity index (χ3v) is 7.45. The predicted octanol–water partition coefficient (Wildman–Crippen LogP) is 3.85. The highest BCUT2D eigenvalue weighted by Crippen LogP contribution is 2.42. The van der Waals surface area contributed by atoms with E-state index in [1.54, 1.807) is 11.6 Å². The summed E-state index contributed by atoms with van der Waals surface area (Å²) in [6.45, 7) is 4.13. The molecule has 29 heavy (non-hydrogen) atoms. The molecule has 2 aromatic carbocycles. The van der Waals surface area contributed by atoms with Gasteiger partial charge in [0.1, 0.15) is 5.75 Å². The Morgan fingerprint density at radius 3 is 2.66 bits per heavy atom. The molecule has 1 fully saturated rings. The van der Waals surface area contributed by atoms with Crippen molar-refractivity contribution in [2.75, 3.05) is 13.2 Å². The molecule has 1 aliphatic carbocycles. The van der Waals surface area contributed by atoms with Gasteiger partial charge in [-0.15, -0.1) is 4.31 Å². The molecule has 2 aliphatic rings. The summed E-state index contributed by atoms with van der Waals surface area (Å²) < 4.78 is 22.8. The fourth-order valence-corrected chi connectivity index (χ4v) is 5.29. The lowest BCUT2D eigenvalue weighted by Gasteiger charge is -2.16. The summed E-state index contributed by atoms with van der Waals surface area (Å²) in [6, 6.07) is 11.7. The fourth-order valence-electron chi connectivity index (χ4n) is 3.96. The van der Waals surface area contributed by atoms with Crippen LogP contribution in [0.5, 0.6) is 5.75 Å². The molecule has 1 aromatic heterocycles. The molecule has 3 aromatic rings. The van der Waals surface area contributed by atoms with Gasteiger partial charge in [0.25, 0.3) is 5.56 Å². The van der Waals surface area contributed by atoms with Crippen LogP contribution in [0.25, 0.3) is 21.9 Å². The second-order valence-corrected chi connectivity index (χ2v) is 9.37. The lowest BCUT2D eigenvalue weighted by molar-refractivity contribution is 0.300. The number of aryl methyl sites for hydroxylation is 1. The van der Waals surface area contributed by atoms with Crippen molar-refractivity contribution in [2.45, 2.75) is 31.2 Å². The third kappa shape index (κ3) is 3.25. The summed E-state index contributed by atoms with van der Waals surface area (Å²) in [5.41, 5.74) is 2.88. The molecule has 5 rings (SSSR count). The van der Waals surface area contributed by atoms with Crippen LogP contribution in [0.4, 0.5) is 0 Å². The van der Waals surface area contributed by atoms with Crippen LogP contribution in [0, 0.1) is 5.92 Å². The van der Waals surface area contributed by atoms with E-state index in [1.165, 1.54) is 12.8 Å². The topological polar surface area (TPSA) is 57.5 Å². The number of hydrogen-bond acceptors (Lipinski definition) is 4. The summed E-state index contributed by atoms with van der Waals surface area (Å²) in [5.74, 6) is 1.45. The van der Waals surface area contributed by atoms with Gasteiger partial charge in [-0.1, -0.05) is 18.2 Å². The predicted molar refractivity (Wildman–Crippen MR) is 115 cm³/mol. The Hall–Kier alpha value is -2.28. The Kier molecular flexibility index (Phi) is 4.65. The molecule has 5 nitrogen and oxygen atoms in total. The van der Waals surface area contributed by atoms with Crippen LogP contribution in [0.3, 0.4) is 0 Å². The number of hydrogen-bond donors (Lipinski definition) is 0. The number of ether oxygens (including phenoxy) is 1. The van der Waals surface area contributed by atoms with Crippen LogP contribution in [0.1, 0.15) is 25.3 Å². The minimum atomic E-state index is -1.16. The molecule has 150 valence electrons. The van der Waals surface area contributed by atoms with Gasteiger partial charge in [0.2, 0.25) is 0 Å². The average Bonchev–Trinajstić information content (AvgIpc) is 3.52. The van der Waals surface area contributed by atoms with E-state index in [0.717, 1.165) is 39.3 Å². The zero-order valence-corrected chi connectivity index (χ0v) is 17.5. The zero-order chi connectivity index (χ0) is 20.1. The van der Waals surface area contributed by atoms with E-state index in [0.29, 0.717) is 24.5 Å². The number of fused-ring (bicyclic) bond motifs is 2. The number of nitrogens with zero attached hydrogens (tertiary/aromatic N) is 2. The normalized spacial score (nSPS) is 18.9. The van der Waals surface area contributed by atoms with E-state index < -0.39 is 11.4 Å². The van der Waals surface area contributed by atoms with Crippen molar-refractivity contribution in [3.8, 4) is 16.9 Å². The second-order valence-electron chi connectivity index (χ2n) is 7.92. The van der Waals surface area contributed by atoms with E-state index in [9.17, 15) is 9.35 Å². The Bertz CT molecular complexity index is 1150. The molecule has 1 saturated carbocycles. The van der Waals surface area contributed by atoms with Gasteiger partial charge in [0.15, 0.2) is 4.90 Å². The summed E-state index contributed by atoms with van der Waals surface area (Å²) in [6.07, 6.45) is 4.30. The van der Waals surface area contributed by atoms with Gasteiger partial charge in [0.05, 0.1) is 24.5 Å². The first kappa shape index (κ1) is 18.7. The average molecular weight is 409 g/mol. The van der Waals surface area contributed by atoms with Crippen LogP contribution in [0.2, 0.25) is 0 Å². The SMILES string of the molecule is CCN1Cc2cc(OCC3CC3)c(-c3cn(C)c(=O)c4ccccc34)cc2[S@+]1[O-]. The number of rotatable bonds is 5. The first-order valence-corrected chi connectivity index (χ1v) is 11.2. The maximum atomic E-state index is 12.9. The zero-order valence-electron chi connectivity index (χ0n) is 16.7. The van der Waals surface area contributed by atoms with Gasteiger partial charge in [0, 0.05) is 47.9 Å². The standard InChI is InChI=1S/C23H24N2O3S/c1-3-25-12-16-10-21(28-14-15-8-9-15)19(11-22(16)29(25)27)20-13-24(2)23(26)18-7-5-4-6-17(18)20/h4-7,10-11,13,15H,3,8-9,12,14H2,1-2H3/t29-/m0/s1. The van der Waals surface area contributed by atoms with Gasteiger partial charge in [-0.25, -0.2) is 0 Å². The van der Waals surface area contributed by atoms with Crippen LogP contribution in [-0.2, 0) is 25.0 Å². The third-order valence-electron chi connectivity index (χ3n) is 5.84. The molecular formula is C23H24N2O3S. The number of pyridine rings is 1. The van der Waals surface area contributed by atoms with Crippen molar-refractivity contribution in [3.63, 3.8) is 0 Å². The highest BCUT2D eigenvalue weighted by Gasteiger charge is 2.35. The molecule has 2 heterocycles. The van der Waals surface area contributed by atoms with E-state index in [2.05, 4.69) is 6.07 Å². The van der Waals surface area contributed by atoms with Crippen molar-refractivity contribution < 1.29 is 9.29 Å². The van der Waals surface area contributed by atoms with Crippen molar-refractivity contribution in [1.82, 2.24) is 8.87 Å². The molecule has 0 amide bonds.